The first-order valence-electron chi connectivity index (χ1n) is 2.98. The maximum absolute atomic E-state index is 10.6. The third kappa shape index (κ3) is 3.98. The van der Waals surface area contributed by atoms with Crippen LogP contribution in [0.4, 0.5) is 0 Å². The van der Waals surface area contributed by atoms with Crippen LogP contribution in [0, 0.1) is 0 Å². The van der Waals surface area contributed by atoms with Crippen LogP contribution in [-0.2, 0) is 9.24 Å². The lowest BCUT2D eigenvalue weighted by Crippen LogP contribution is -1.88. The Morgan fingerprint density at radius 3 is 2.25 bits per heavy atom. The average molecular weight is 227 g/mol. The van der Waals surface area contributed by atoms with Crippen LogP contribution in [0.2, 0.25) is 0 Å². The van der Waals surface area contributed by atoms with Crippen molar-refractivity contribution in [2.45, 2.75) is 0 Å². The molecule has 0 heterocycles. The molecule has 0 aliphatic rings. The third-order valence-corrected chi connectivity index (χ3v) is 1.55. The quantitative estimate of drug-likeness (QED) is 0.449. The molecule has 0 amide bonds. The van der Waals surface area contributed by atoms with Gasteiger partial charge in [0.25, 0.3) is 0 Å². The maximum Gasteiger partial charge on any atom is 0.417 e. The molecule has 0 aliphatic heterocycles. The van der Waals surface area contributed by atoms with Gasteiger partial charge in [-0.25, -0.2) is 0 Å². The van der Waals surface area contributed by atoms with Crippen molar-refractivity contribution >= 4 is 28.6 Å². The minimum atomic E-state index is -3.61. The van der Waals surface area contributed by atoms with Crippen LogP contribution in [0.3, 0.4) is 0 Å². The summed E-state index contributed by atoms with van der Waals surface area (Å²) in [5.74, 6) is 0.388. The van der Waals surface area contributed by atoms with Gasteiger partial charge in [-0.05, 0) is 34.6 Å². The number of para-hydroxylation sites is 1. The molecule has 0 fully saturated rings. The number of hydrogen-bond acceptors (Lipinski definition) is 3. The van der Waals surface area contributed by atoms with Crippen molar-refractivity contribution in [3.05, 3.63) is 30.3 Å². The predicted octanol–water partition coefficient (Wildman–Crippen LogP) is 3.58. The van der Waals surface area contributed by atoms with Crippen molar-refractivity contribution in [2.75, 3.05) is 0 Å². The SMILES string of the molecule is O=P(Cl)(Cl)OOc1ccccc1. The van der Waals surface area contributed by atoms with Crippen molar-refractivity contribution in [2.24, 2.45) is 0 Å². The van der Waals surface area contributed by atoms with E-state index in [1.165, 1.54) is 0 Å². The Bertz CT molecular complexity index is 284. The highest BCUT2D eigenvalue weighted by Gasteiger charge is 2.16. The van der Waals surface area contributed by atoms with E-state index in [9.17, 15) is 4.57 Å². The largest absolute Gasteiger partial charge is 0.417 e. The highest BCUT2D eigenvalue weighted by atomic mass is 35.9. The van der Waals surface area contributed by atoms with Gasteiger partial charge in [0.1, 0.15) is 0 Å². The highest BCUT2D eigenvalue weighted by Crippen LogP contribution is 2.57. The normalized spacial score (nSPS) is 11.2. The van der Waals surface area contributed by atoms with Crippen molar-refractivity contribution in [3.63, 3.8) is 0 Å². The second-order valence-corrected chi connectivity index (χ2v) is 6.05. The summed E-state index contributed by atoms with van der Waals surface area (Å²) in [5, 5.41) is 0. The standard InChI is InChI=1S/C6H5Cl2O3P/c7-12(8,9)11-10-6-4-2-1-3-5-6/h1-5H. The number of halogens is 2. The zero-order valence-electron chi connectivity index (χ0n) is 5.81. The molecular weight excluding hydrogens is 222 g/mol. The van der Waals surface area contributed by atoms with E-state index in [2.05, 4.69) is 9.56 Å². The monoisotopic (exact) mass is 226 g/mol. The molecule has 0 bridgehead atoms. The van der Waals surface area contributed by atoms with E-state index >= 15 is 0 Å². The van der Waals surface area contributed by atoms with Gasteiger partial charge in [-0.15, -0.1) is 0 Å². The lowest BCUT2D eigenvalue weighted by Gasteiger charge is -2.03. The lowest BCUT2D eigenvalue weighted by atomic mass is 10.3. The molecule has 0 saturated carbocycles. The van der Waals surface area contributed by atoms with E-state index in [0.717, 1.165) is 0 Å². The van der Waals surface area contributed by atoms with Crippen LogP contribution in [0.25, 0.3) is 0 Å². The molecule has 1 rings (SSSR count). The van der Waals surface area contributed by atoms with Crippen molar-refractivity contribution < 1.29 is 14.1 Å². The molecule has 0 unspecified atom stereocenters. The molecule has 1 aromatic carbocycles. The summed E-state index contributed by atoms with van der Waals surface area (Å²) < 4.78 is 14.8. The van der Waals surface area contributed by atoms with E-state index in [4.69, 9.17) is 22.5 Å². The van der Waals surface area contributed by atoms with Crippen LogP contribution in [-0.4, -0.2) is 0 Å². The Morgan fingerprint density at radius 2 is 1.75 bits per heavy atom. The maximum atomic E-state index is 10.6. The van der Waals surface area contributed by atoms with Gasteiger partial charge in [-0.2, -0.15) is 0 Å². The van der Waals surface area contributed by atoms with Crippen LogP contribution >= 0.6 is 28.6 Å². The van der Waals surface area contributed by atoms with E-state index in [0.29, 0.717) is 5.75 Å². The van der Waals surface area contributed by atoms with E-state index in [1.807, 2.05) is 0 Å². The summed E-state index contributed by atoms with van der Waals surface area (Å²) in [5.41, 5.74) is 0. The van der Waals surface area contributed by atoms with Crippen molar-refractivity contribution in [1.29, 1.82) is 0 Å². The minimum Gasteiger partial charge on any atom is -0.329 e. The molecule has 0 atom stereocenters. The Hall–Kier alpha value is -0.210. The Morgan fingerprint density at radius 1 is 1.17 bits per heavy atom. The summed E-state index contributed by atoms with van der Waals surface area (Å²) >= 11 is 10.1. The van der Waals surface area contributed by atoms with Gasteiger partial charge in [0.2, 0.25) is 0 Å². The lowest BCUT2D eigenvalue weighted by molar-refractivity contribution is -0.0906. The molecule has 0 aromatic heterocycles. The minimum absolute atomic E-state index is 0.388. The topological polar surface area (TPSA) is 35.5 Å². The third-order valence-electron chi connectivity index (χ3n) is 0.963. The van der Waals surface area contributed by atoms with Crippen LogP contribution in [0.15, 0.2) is 30.3 Å². The highest BCUT2D eigenvalue weighted by molar-refractivity contribution is 8.05. The summed E-state index contributed by atoms with van der Waals surface area (Å²) in [4.78, 5) is 4.54. The van der Waals surface area contributed by atoms with Crippen LogP contribution in [0.1, 0.15) is 0 Å². The number of benzene rings is 1. The fourth-order valence-corrected chi connectivity index (χ4v) is 0.904. The molecule has 0 aliphatic carbocycles. The molecule has 0 spiro atoms. The predicted molar refractivity (Wildman–Crippen MR) is 47.5 cm³/mol. The van der Waals surface area contributed by atoms with Gasteiger partial charge in [0.05, 0.1) is 0 Å². The molecular formula is C6H5Cl2O3P. The van der Waals surface area contributed by atoms with Gasteiger partial charge in [-0.3, -0.25) is 4.57 Å². The first kappa shape index (κ1) is 9.87. The van der Waals surface area contributed by atoms with Crippen molar-refractivity contribution in [1.82, 2.24) is 0 Å². The Kier molecular flexibility index (Phi) is 3.41. The van der Waals surface area contributed by atoms with Crippen molar-refractivity contribution in [3.8, 4) is 5.75 Å². The Balaban J connectivity index is 2.50. The Labute approximate surface area is 79.2 Å². The van der Waals surface area contributed by atoms with E-state index in [-0.39, 0.29) is 0 Å². The molecule has 12 heavy (non-hydrogen) atoms. The van der Waals surface area contributed by atoms with Crippen LogP contribution in [0.5, 0.6) is 5.75 Å². The summed E-state index contributed by atoms with van der Waals surface area (Å²) in [7, 11) is 0. The number of rotatable bonds is 3. The molecule has 1 aromatic rings. The first-order chi connectivity index (χ1) is 5.58. The summed E-state index contributed by atoms with van der Waals surface area (Å²) in [6, 6.07) is 8.49. The van der Waals surface area contributed by atoms with E-state index < -0.39 is 6.07 Å². The summed E-state index contributed by atoms with van der Waals surface area (Å²) in [6.07, 6.45) is -3.61. The molecule has 0 N–H and O–H groups in total. The molecule has 66 valence electrons. The first-order valence-corrected chi connectivity index (χ1v) is 6.42. The fraction of sp³-hybridized carbons (Fsp3) is 0. The molecule has 3 nitrogen and oxygen atoms in total. The van der Waals surface area contributed by atoms with Gasteiger partial charge >= 0.3 is 6.07 Å². The molecule has 0 radical (unpaired) electrons. The smallest absolute Gasteiger partial charge is 0.329 e. The second-order valence-electron chi connectivity index (χ2n) is 1.89. The van der Waals surface area contributed by atoms with Gasteiger partial charge in [0.15, 0.2) is 5.75 Å². The number of hydrogen-bond donors (Lipinski definition) is 0. The zero-order chi connectivity index (χ0) is 9.03. The average Bonchev–Trinajstić information content (AvgIpc) is 2.02. The molecule has 0 saturated heterocycles. The summed E-state index contributed by atoms with van der Waals surface area (Å²) in [6.45, 7) is 0. The van der Waals surface area contributed by atoms with E-state index in [1.54, 1.807) is 30.3 Å². The zero-order valence-corrected chi connectivity index (χ0v) is 8.22. The van der Waals surface area contributed by atoms with Crippen LogP contribution < -0.4 is 4.89 Å². The van der Waals surface area contributed by atoms with Gasteiger partial charge < -0.3 is 4.89 Å². The van der Waals surface area contributed by atoms with Gasteiger partial charge in [0, 0.05) is 0 Å². The fourth-order valence-electron chi connectivity index (χ4n) is 0.562. The van der Waals surface area contributed by atoms with Gasteiger partial charge in [-0.1, -0.05) is 22.9 Å². The molecule has 6 heteroatoms. The second kappa shape index (κ2) is 4.15.